The van der Waals surface area contributed by atoms with E-state index < -0.39 is 0 Å². The number of carbonyl (C=O) groups is 1. The molecule has 1 atom stereocenters. The SMILES string of the molecule is O=C(Cc1ccc2c(c1)OCO2)NC[C@@H]1Cc2cc(F)cc(-c3cccnc3)c2O1. The summed E-state index contributed by atoms with van der Waals surface area (Å²) >= 11 is 0. The van der Waals surface area contributed by atoms with Crippen LogP contribution in [0, 0.1) is 5.82 Å². The van der Waals surface area contributed by atoms with E-state index in [1.807, 2.05) is 18.2 Å². The van der Waals surface area contributed by atoms with Gasteiger partial charge in [-0.1, -0.05) is 12.1 Å². The molecular formula is C23H19FN2O4. The lowest BCUT2D eigenvalue weighted by Crippen LogP contribution is -2.35. The number of nitrogens with zero attached hydrogens (tertiary/aromatic N) is 1. The highest BCUT2D eigenvalue weighted by molar-refractivity contribution is 5.79. The number of fused-ring (bicyclic) bond motifs is 2. The van der Waals surface area contributed by atoms with Gasteiger partial charge in [0.15, 0.2) is 11.5 Å². The Kier molecular flexibility index (Phi) is 4.71. The number of ether oxygens (including phenoxy) is 3. The van der Waals surface area contributed by atoms with Crippen LogP contribution < -0.4 is 19.5 Å². The van der Waals surface area contributed by atoms with Crippen LogP contribution in [0.3, 0.4) is 0 Å². The van der Waals surface area contributed by atoms with Crippen LogP contribution in [0.4, 0.5) is 4.39 Å². The van der Waals surface area contributed by atoms with Crippen LogP contribution in [0.25, 0.3) is 11.1 Å². The van der Waals surface area contributed by atoms with Gasteiger partial charge in [-0.25, -0.2) is 4.39 Å². The van der Waals surface area contributed by atoms with Crippen molar-refractivity contribution in [3.8, 4) is 28.4 Å². The molecule has 1 N–H and O–H groups in total. The van der Waals surface area contributed by atoms with Crippen molar-refractivity contribution < 1.29 is 23.4 Å². The monoisotopic (exact) mass is 406 g/mol. The third-order valence-corrected chi connectivity index (χ3v) is 5.16. The Bertz CT molecular complexity index is 1100. The molecule has 30 heavy (non-hydrogen) atoms. The number of hydrogen-bond donors (Lipinski definition) is 1. The number of carbonyl (C=O) groups excluding carboxylic acids is 1. The Morgan fingerprint density at radius 1 is 1.17 bits per heavy atom. The zero-order valence-corrected chi connectivity index (χ0v) is 16.1. The van der Waals surface area contributed by atoms with Crippen molar-refractivity contribution in [3.05, 3.63) is 71.8 Å². The summed E-state index contributed by atoms with van der Waals surface area (Å²) in [7, 11) is 0. The third-order valence-electron chi connectivity index (χ3n) is 5.16. The Morgan fingerprint density at radius 2 is 2.07 bits per heavy atom. The van der Waals surface area contributed by atoms with E-state index in [2.05, 4.69) is 10.3 Å². The van der Waals surface area contributed by atoms with E-state index in [9.17, 15) is 9.18 Å². The lowest BCUT2D eigenvalue weighted by Gasteiger charge is -2.14. The van der Waals surface area contributed by atoms with Gasteiger partial charge in [-0.05, 0) is 35.9 Å². The Morgan fingerprint density at radius 3 is 2.93 bits per heavy atom. The fourth-order valence-electron chi connectivity index (χ4n) is 3.77. The fourth-order valence-corrected chi connectivity index (χ4v) is 3.77. The summed E-state index contributed by atoms with van der Waals surface area (Å²) in [6.07, 6.45) is 3.86. The number of aromatic nitrogens is 1. The average molecular weight is 406 g/mol. The zero-order valence-electron chi connectivity index (χ0n) is 16.1. The van der Waals surface area contributed by atoms with Crippen molar-refractivity contribution >= 4 is 5.91 Å². The number of pyridine rings is 1. The van der Waals surface area contributed by atoms with E-state index in [4.69, 9.17) is 14.2 Å². The lowest BCUT2D eigenvalue weighted by atomic mass is 10.0. The largest absolute Gasteiger partial charge is 0.487 e. The molecule has 152 valence electrons. The van der Waals surface area contributed by atoms with Crippen LogP contribution in [0.5, 0.6) is 17.2 Å². The molecule has 0 spiro atoms. The van der Waals surface area contributed by atoms with Gasteiger partial charge in [-0.3, -0.25) is 9.78 Å². The van der Waals surface area contributed by atoms with Gasteiger partial charge in [0, 0.05) is 35.5 Å². The number of nitrogens with one attached hydrogen (secondary N) is 1. The Labute approximate surface area is 172 Å². The normalized spacial score (nSPS) is 16.1. The second kappa shape index (κ2) is 7.67. The molecule has 0 radical (unpaired) electrons. The summed E-state index contributed by atoms with van der Waals surface area (Å²) in [6.45, 7) is 0.540. The molecule has 7 heteroatoms. The topological polar surface area (TPSA) is 69.7 Å². The first-order chi connectivity index (χ1) is 14.7. The minimum absolute atomic E-state index is 0.118. The lowest BCUT2D eigenvalue weighted by molar-refractivity contribution is -0.120. The fraction of sp³-hybridized carbons (Fsp3) is 0.217. The van der Waals surface area contributed by atoms with Gasteiger partial charge in [-0.15, -0.1) is 0 Å². The van der Waals surface area contributed by atoms with Gasteiger partial charge in [0.2, 0.25) is 12.7 Å². The second-order valence-electron chi connectivity index (χ2n) is 7.30. The predicted octanol–water partition coefficient (Wildman–Crippen LogP) is 3.28. The molecule has 0 fully saturated rings. The molecule has 2 aliphatic rings. The minimum Gasteiger partial charge on any atom is -0.487 e. The van der Waals surface area contributed by atoms with Gasteiger partial charge in [0.1, 0.15) is 17.7 Å². The Hall–Kier alpha value is -3.61. The number of rotatable bonds is 5. The first-order valence-corrected chi connectivity index (χ1v) is 9.70. The van der Waals surface area contributed by atoms with Crippen LogP contribution in [0.2, 0.25) is 0 Å². The van der Waals surface area contributed by atoms with Crippen LogP contribution in [-0.2, 0) is 17.6 Å². The van der Waals surface area contributed by atoms with Gasteiger partial charge in [-0.2, -0.15) is 0 Å². The summed E-state index contributed by atoms with van der Waals surface area (Å²) in [5.41, 5.74) is 3.10. The van der Waals surface area contributed by atoms with Gasteiger partial charge in [0.05, 0.1) is 13.0 Å². The molecule has 5 rings (SSSR count). The molecule has 3 aromatic rings. The summed E-state index contributed by atoms with van der Waals surface area (Å²) < 4.78 is 30.8. The van der Waals surface area contributed by atoms with Crippen LogP contribution >= 0.6 is 0 Å². The Balaban J connectivity index is 1.23. The van der Waals surface area contributed by atoms with Crippen molar-refractivity contribution in [2.45, 2.75) is 18.9 Å². The maximum absolute atomic E-state index is 14.1. The average Bonchev–Trinajstić information content (AvgIpc) is 3.38. The maximum Gasteiger partial charge on any atom is 0.231 e. The van der Waals surface area contributed by atoms with Crippen molar-refractivity contribution in [3.63, 3.8) is 0 Å². The summed E-state index contributed by atoms with van der Waals surface area (Å²) in [4.78, 5) is 16.5. The van der Waals surface area contributed by atoms with E-state index in [-0.39, 0.29) is 31.0 Å². The summed E-state index contributed by atoms with van der Waals surface area (Å²) in [5, 5.41) is 2.91. The highest BCUT2D eigenvalue weighted by Crippen LogP contribution is 2.39. The molecule has 0 bridgehead atoms. The van der Waals surface area contributed by atoms with Crippen LogP contribution in [0.15, 0.2) is 54.9 Å². The quantitative estimate of drug-likeness (QED) is 0.704. The van der Waals surface area contributed by atoms with Crippen molar-refractivity contribution in [1.82, 2.24) is 10.3 Å². The molecule has 0 saturated carbocycles. The maximum atomic E-state index is 14.1. The van der Waals surface area contributed by atoms with E-state index in [0.717, 1.165) is 16.7 Å². The van der Waals surface area contributed by atoms with Gasteiger partial charge >= 0.3 is 0 Å². The first kappa shape index (κ1) is 18.4. The van der Waals surface area contributed by atoms with Gasteiger partial charge < -0.3 is 19.5 Å². The first-order valence-electron chi connectivity index (χ1n) is 9.70. The molecule has 6 nitrogen and oxygen atoms in total. The molecule has 2 aromatic carbocycles. The predicted molar refractivity (Wildman–Crippen MR) is 107 cm³/mol. The zero-order chi connectivity index (χ0) is 20.5. The smallest absolute Gasteiger partial charge is 0.231 e. The second-order valence-corrected chi connectivity index (χ2v) is 7.30. The van der Waals surface area contributed by atoms with E-state index in [1.165, 1.54) is 12.1 Å². The number of halogens is 1. The molecule has 1 amide bonds. The van der Waals surface area contributed by atoms with E-state index in [0.29, 0.717) is 35.8 Å². The molecule has 2 aliphatic heterocycles. The minimum atomic E-state index is -0.316. The third kappa shape index (κ3) is 3.66. The molecule has 0 saturated heterocycles. The molecule has 0 unspecified atom stereocenters. The molecule has 0 aliphatic carbocycles. The molecule has 3 heterocycles. The molecular weight excluding hydrogens is 387 g/mol. The number of hydrogen-bond acceptors (Lipinski definition) is 5. The van der Waals surface area contributed by atoms with Crippen LogP contribution in [-0.4, -0.2) is 30.3 Å². The van der Waals surface area contributed by atoms with Crippen molar-refractivity contribution in [2.24, 2.45) is 0 Å². The number of amides is 1. The summed E-state index contributed by atoms with van der Waals surface area (Å²) in [6, 6.07) is 12.1. The number of benzene rings is 2. The van der Waals surface area contributed by atoms with E-state index >= 15 is 0 Å². The standard InChI is InChI=1S/C23H19FN2O4/c24-17-8-16-9-18(30-23(16)19(10-17)15-2-1-5-25-11-15)12-26-22(27)7-14-3-4-20-21(6-14)29-13-28-20/h1-6,8,10-11,18H,7,9,12-13H2,(H,26,27)/t18-/m0/s1. The highest BCUT2D eigenvalue weighted by atomic mass is 19.1. The molecule has 1 aromatic heterocycles. The van der Waals surface area contributed by atoms with Crippen molar-refractivity contribution in [2.75, 3.05) is 13.3 Å². The highest BCUT2D eigenvalue weighted by Gasteiger charge is 2.27. The van der Waals surface area contributed by atoms with Gasteiger partial charge in [0.25, 0.3) is 0 Å². The van der Waals surface area contributed by atoms with E-state index in [1.54, 1.807) is 24.5 Å². The summed E-state index contributed by atoms with van der Waals surface area (Å²) in [5.74, 6) is 1.56. The van der Waals surface area contributed by atoms with Crippen molar-refractivity contribution in [1.29, 1.82) is 0 Å². The van der Waals surface area contributed by atoms with Crippen LogP contribution in [0.1, 0.15) is 11.1 Å².